The summed E-state index contributed by atoms with van der Waals surface area (Å²) in [6, 6.07) is 4.85. The number of nitrogens with one attached hydrogen (secondary N) is 6. The van der Waals surface area contributed by atoms with Crippen LogP contribution in [0.1, 0.15) is 84.8 Å². The van der Waals surface area contributed by atoms with Gasteiger partial charge in [0, 0.05) is 0 Å². The Balaban J connectivity index is 1.37. The van der Waals surface area contributed by atoms with E-state index in [2.05, 4.69) is 31.9 Å². The van der Waals surface area contributed by atoms with Crippen LogP contribution in [0.2, 0.25) is 10.0 Å². The van der Waals surface area contributed by atoms with Crippen molar-refractivity contribution in [3.63, 3.8) is 0 Å². The van der Waals surface area contributed by atoms with Gasteiger partial charge in [0.15, 0.2) is 17.5 Å². The van der Waals surface area contributed by atoms with Crippen molar-refractivity contribution in [2.75, 3.05) is 20.7 Å². The predicted octanol–water partition coefficient (Wildman–Crippen LogP) is 0.525. The number of likely N-dealkylation sites (N-methyl/N-ethyl adjacent to an activating group) is 1. The van der Waals surface area contributed by atoms with E-state index < -0.39 is 173 Å². The summed E-state index contributed by atoms with van der Waals surface area (Å²) in [4.78, 5) is 116. The number of nitrogens with two attached hydrogens (primary N) is 1. The second kappa shape index (κ2) is 28.9. The highest BCUT2D eigenvalue weighted by Crippen LogP contribution is 2.48. The van der Waals surface area contributed by atoms with Crippen molar-refractivity contribution >= 4 is 70.5 Å². The summed E-state index contributed by atoms with van der Waals surface area (Å²) in [6.45, 7) is 2.75. The number of hydrogen-bond donors (Lipinski definition) is 16. The number of amides is 7. The van der Waals surface area contributed by atoms with E-state index >= 15 is 14.4 Å². The fourth-order valence-electron chi connectivity index (χ4n) is 10.2. The molecule has 29 nitrogen and oxygen atoms in total. The molecular weight excluding hydrogens is 1240 g/mol. The third kappa shape index (κ3) is 15.8. The molecular formula is C60H66Cl2N8O21. The van der Waals surface area contributed by atoms with E-state index in [1.807, 2.05) is 13.8 Å². The monoisotopic (exact) mass is 1300 g/mol. The lowest BCUT2D eigenvalue weighted by Crippen LogP contribution is -2.60. The van der Waals surface area contributed by atoms with Crippen molar-refractivity contribution in [2.24, 2.45) is 11.7 Å². The van der Waals surface area contributed by atoms with Gasteiger partial charge in [-0.15, -0.1) is 0 Å². The molecule has 0 unspecified atom stereocenters. The number of aliphatic hydroxyl groups is 6. The van der Waals surface area contributed by atoms with Crippen LogP contribution in [0.3, 0.4) is 0 Å². The van der Waals surface area contributed by atoms with Crippen LogP contribution >= 0.6 is 23.2 Å². The molecule has 17 N–H and O–H groups in total. The first-order chi connectivity index (χ1) is 43.0. The fraction of sp³-hybridized carbons (Fsp3) is 0.367. The van der Waals surface area contributed by atoms with E-state index in [1.165, 1.54) is 30.3 Å². The number of nitrogens with zero attached hydrogens (tertiary/aromatic N) is 1. The second-order valence-electron chi connectivity index (χ2n) is 22.3. The average Bonchev–Trinajstić information content (AvgIpc) is 0.800. The van der Waals surface area contributed by atoms with Crippen LogP contribution in [0.5, 0.6) is 40.2 Å². The molecule has 1 fully saturated rings. The lowest BCUT2D eigenvalue weighted by Gasteiger charge is -2.39. The summed E-state index contributed by atoms with van der Waals surface area (Å²) in [5.74, 6) is -13.7. The minimum absolute atomic E-state index is 0.0667. The van der Waals surface area contributed by atoms with Crippen molar-refractivity contribution in [2.45, 2.75) is 112 Å². The van der Waals surface area contributed by atoms with E-state index in [1.54, 1.807) is 19.0 Å². The van der Waals surface area contributed by atoms with E-state index in [-0.39, 0.29) is 62.6 Å². The van der Waals surface area contributed by atoms with Crippen LogP contribution in [0.25, 0.3) is 0 Å². The number of aliphatic carboxylic acids is 1. The highest BCUT2D eigenvalue weighted by Gasteiger charge is 2.47. The number of fused-ring (bicyclic) bond motifs is 16. The molecule has 0 aromatic heterocycles. The highest BCUT2D eigenvalue weighted by molar-refractivity contribution is 6.32. The molecule has 1 saturated heterocycles. The Labute approximate surface area is 527 Å². The molecule has 5 aliphatic rings. The molecule has 5 heterocycles. The molecule has 5 aromatic carbocycles. The van der Waals surface area contributed by atoms with Gasteiger partial charge >= 0.3 is 5.97 Å². The lowest BCUT2D eigenvalue weighted by atomic mass is 9.97. The molecule has 486 valence electrons. The zero-order valence-electron chi connectivity index (χ0n) is 48.7. The fourth-order valence-corrected chi connectivity index (χ4v) is 10.6. The Morgan fingerprint density at radius 3 is 1.79 bits per heavy atom. The number of halogens is 2. The molecule has 91 heavy (non-hydrogen) atoms. The van der Waals surface area contributed by atoms with Gasteiger partial charge in [-0.1, -0.05) is 73.4 Å². The number of carbonyl (C=O) groups excluding carboxylic acids is 7. The summed E-state index contributed by atoms with van der Waals surface area (Å²) < 4.78 is 24.9. The van der Waals surface area contributed by atoms with Crippen LogP contribution in [0.15, 0.2) is 97.1 Å². The normalized spacial score (nSPS) is 25.2. The first-order valence-corrected chi connectivity index (χ1v) is 28.8. The number of rotatable bonds is 15. The van der Waals surface area contributed by atoms with Crippen LogP contribution in [0.4, 0.5) is 0 Å². The van der Waals surface area contributed by atoms with Gasteiger partial charge < -0.3 is 103 Å². The molecule has 0 radical (unpaired) electrons. The third-order valence-electron chi connectivity index (χ3n) is 15.0. The number of aromatic hydroxyl groups is 2. The number of aliphatic hydroxyl groups excluding tert-OH is 6. The quantitative estimate of drug-likeness (QED) is 0.0679. The van der Waals surface area contributed by atoms with E-state index in [0.29, 0.717) is 0 Å². The van der Waals surface area contributed by atoms with Gasteiger partial charge in [0.2, 0.25) is 53.4 Å². The Kier molecular flexibility index (Phi) is 21.6. The Bertz CT molecular complexity index is 3580. The molecule has 7 bridgehead atoms. The number of hydrogen-bond acceptors (Lipinski definition) is 21. The second-order valence-corrected chi connectivity index (χ2v) is 23.1. The van der Waals surface area contributed by atoms with Crippen LogP contribution in [-0.2, 0) is 43.1 Å². The molecule has 0 saturated carbocycles. The number of carbonyl (C=O) groups is 8. The van der Waals surface area contributed by atoms with Gasteiger partial charge in [-0.05, 0) is 115 Å². The lowest BCUT2D eigenvalue weighted by molar-refractivity contribution is -0.277. The summed E-state index contributed by atoms with van der Waals surface area (Å²) in [5.41, 5.74) is 4.55. The van der Waals surface area contributed by atoms with Gasteiger partial charge in [0.1, 0.15) is 89.8 Å². The maximum Gasteiger partial charge on any atom is 0.330 e. The minimum Gasteiger partial charge on any atom is -0.508 e. The van der Waals surface area contributed by atoms with Crippen molar-refractivity contribution in [3.8, 4) is 40.2 Å². The maximum atomic E-state index is 15.6. The zero-order valence-corrected chi connectivity index (χ0v) is 50.2. The molecule has 7 amide bonds. The molecule has 5 aromatic rings. The number of phenolic OH excluding ortho intramolecular Hbond substituents is 2. The number of carboxylic acids is 1. The minimum atomic E-state index is -2.25. The van der Waals surface area contributed by atoms with Gasteiger partial charge in [-0.25, -0.2) is 4.79 Å². The van der Waals surface area contributed by atoms with Gasteiger partial charge in [0.05, 0.1) is 29.1 Å². The molecule has 0 aliphatic carbocycles. The highest BCUT2D eigenvalue weighted by atomic mass is 35.5. The van der Waals surface area contributed by atoms with Crippen molar-refractivity contribution < 1.29 is 103 Å². The standard InChI is InChI=1S/C60H66Cl2N8O21/c1-24(2)16-35(70(3)4)54(81)68-45-47(75)27-10-14-36(32(61)18-27)88-38-20-29-21-39(52(38)91-60-51(79)50(78)49(77)40(23-71)90-60)89-37-15-11-28(19-33(37)62)48(76)46(58(85)67-44(59(86)87)26-6-5-7-31(73)17-26)69-55(82)42(25-8-12-30(72)13-9-25)66-56(83)43(29)65-53(80)34(22-41(63)74)64-57(45)84/h5-15,17-21,24,34-35,40,42-51,60,71-73,75-79H,16,22-23H2,1-4H3,(H2,63,74)(H,64,84)(H,65,80)(H,66,83)(H,67,85)(H,68,81)(H,69,82)(H,86,87)/t34-,35+,40+,42+,43+,44-,45+,46-,47+,48+,49+,50-,51+,60-/m0/s1. The number of carboxylic acid groups (broad SMARTS) is 1. The van der Waals surface area contributed by atoms with Crippen LogP contribution < -0.4 is 51.8 Å². The molecule has 0 spiro atoms. The molecule has 10 rings (SSSR count). The predicted molar refractivity (Wildman–Crippen MR) is 317 cm³/mol. The van der Waals surface area contributed by atoms with E-state index in [0.717, 1.165) is 66.7 Å². The van der Waals surface area contributed by atoms with Crippen LogP contribution in [0, 0.1) is 5.92 Å². The molecule has 14 atom stereocenters. The average molecular weight is 1310 g/mol. The Morgan fingerprint density at radius 2 is 1.24 bits per heavy atom. The first-order valence-electron chi connectivity index (χ1n) is 28.1. The summed E-state index contributed by atoms with van der Waals surface area (Å²) in [6.07, 6.45) is -14.7. The summed E-state index contributed by atoms with van der Waals surface area (Å²) in [7, 11) is 3.21. The number of primary amides is 1. The van der Waals surface area contributed by atoms with E-state index in [9.17, 15) is 69.9 Å². The van der Waals surface area contributed by atoms with Crippen molar-refractivity contribution in [1.82, 2.24) is 36.8 Å². The summed E-state index contributed by atoms with van der Waals surface area (Å²) in [5, 5.41) is 112. The topological polar surface area (TPSA) is 457 Å². The summed E-state index contributed by atoms with van der Waals surface area (Å²) >= 11 is 13.9. The largest absolute Gasteiger partial charge is 0.508 e. The van der Waals surface area contributed by atoms with Crippen molar-refractivity contribution in [3.05, 3.63) is 135 Å². The van der Waals surface area contributed by atoms with Crippen molar-refractivity contribution in [1.29, 1.82) is 0 Å². The maximum absolute atomic E-state index is 15.6. The zero-order chi connectivity index (χ0) is 66.4. The van der Waals surface area contributed by atoms with Gasteiger partial charge in [-0.3, -0.25) is 38.5 Å². The number of ether oxygens (including phenoxy) is 4. The van der Waals surface area contributed by atoms with E-state index in [4.69, 9.17) is 47.9 Å². The van der Waals surface area contributed by atoms with Gasteiger partial charge in [-0.2, -0.15) is 0 Å². The molecule has 31 heteroatoms. The smallest absolute Gasteiger partial charge is 0.330 e. The Morgan fingerprint density at radius 1 is 0.670 bits per heavy atom. The first kappa shape index (κ1) is 68.0. The van der Waals surface area contributed by atoms with Gasteiger partial charge in [0.25, 0.3) is 0 Å². The van der Waals surface area contributed by atoms with Crippen LogP contribution in [-0.4, -0.2) is 174 Å². The molecule has 5 aliphatic heterocycles. The number of phenols is 2. The Hall–Kier alpha value is -8.88. The SMILES string of the molecule is CC(C)C[C@H](C(=O)N[C@H]1C(=O)N[C@@H](CC(N)=O)C(=O)N[C@H]2C(=O)N[C@H](c3ccc(O)cc3)C(=O)N[C@H](C(=O)N[C@H](C(=O)O)c3cccc(O)c3)[C@H](O)c3ccc(c(Cl)c3)Oc3cc2cc(c3O[C@@H]2O[C@H](CO)[C@@H](O)[C@H](O)[C@H]2O)Oc2ccc(cc2Cl)[C@H]1O)N(C)C. The third-order valence-corrected chi connectivity index (χ3v) is 15.6. The number of benzene rings is 5.